The van der Waals surface area contributed by atoms with E-state index in [-0.39, 0.29) is 5.41 Å². The summed E-state index contributed by atoms with van der Waals surface area (Å²) >= 11 is 0. The Morgan fingerprint density at radius 2 is 1.86 bits per heavy atom. The number of carbonyl (C=O) groups excluding carboxylic acids is 1. The maximum Gasteiger partial charge on any atom is 0.363 e. The first-order chi connectivity index (χ1) is 9.93. The molecule has 3 rings (SSSR count). The number of hydrogen-bond donors (Lipinski definition) is 0. The highest BCUT2D eigenvalue weighted by atomic mass is 16.6. The quantitative estimate of drug-likeness (QED) is 0.588. The number of hydrogen-bond acceptors (Lipinski definition) is 5. The molecule has 0 aliphatic carbocycles. The first-order valence-corrected chi connectivity index (χ1v) is 6.86. The van der Waals surface area contributed by atoms with Gasteiger partial charge in [0.05, 0.1) is 0 Å². The molecule has 1 aromatic carbocycles. The predicted molar refractivity (Wildman–Crippen MR) is 78.4 cm³/mol. The predicted octanol–water partition coefficient (Wildman–Crippen LogP) is 2.80. The third kappa shape index (κ3) is 2.77. The van der Waals surface area contributed by atoms with Crippen molar-refractivity contribution >= 4 is 17.9 Å². The van der Waals surface area contributed by atoms with E-state index >= 15 is 0 Å². The molecule has 0 unspecified atom stereocenters. The van der Waals surface area contributed by atoms with Crippen molar-refractivity contribution in [2.45, 2.75) is 20.8 Å². The standard InChI is InChI=1S/C16H17NO4/c1-16(2,3)15-17-11(14(18)21-15)8-10-4-5-12-13(9-10)20-7-6-19-12/h4-5,8-9H,6-7H2,1-3H3. The number of rotatable bonds is 1. The molecule has 0 bridgehead atoms. The Morgan fingerprint density at radius 1 is 1.14 bits per heavy atom. The molecule has 110 valence electrons. The van der Waals surface area contributed by atoms with E-state index in [0.29, 0.717) is 30.6 Å². The Morgan fingerprint density at radius 3 is 2.52 bits per heavy atom. The van der Waals surface area contributed by atoms with Crippen LogP contribution >= 0.6 is 0 Å². The van der Waals surface area contributed by atoms with Gasteiger partial charge in [0.1, 0.15) is 13.2 Å². The number of nitrogens with zero attached hydrogens (tertiary/aromatic N) is 1. The average molecular weight is 287 g/mol. The molecule has 5 heteroatoms. The molecule has 2 heterocycles. The lowest BCUT2D eigenvalue weighted by atomic mass is 9.97. The minimum atomic E-state index is -0.421. The van der Waals surface area contributed by atoms with Crippen molar-refractivity contribution in [3.63, 3.8) is 0 Å². The summed E-state index contributed by atoms with van der Waals surface area (Å²) in [5, 5.41) is 0. The van der Waals surface area contributed by atoms with Gasteiger partial charge in [0.25, 0.3) is 0 Å². The monoisotopic (exact) mass is 287 g/mol. The van der Waals surface area contributed by atoms with Crippen LogP contribution in [0, 0.1) is 5.41 Å². The van der Waals surface area contributed by atoms with E-state index in [1.807, 2.05) is 39.0 Å². The summed E-state index contributed by atoms with van der Waals surface area (Å²) < 4.78 is 16.2. The van der Waals surface area contributed by atoms with Crippen molar-refractivity contribution in [1.29, 1.82) is 0 Å². The maximum atomic E-state index is 11.9. The Bertz CT molecular complexity index is 653. The van der Waals surface area contributed by atoms with E-state index < -0.39 is 5.97 Å². The molecule has 5 nitrogen and oxygen atoms in total. The van der Waals surface area contributed by atoms with Crippen LogP contribution in [0.15, 0.2) is 28.9 Å². The van der Waals surface area contributed by atoms with Crippen LogP contribution in [0.25, 0.3) is 6.08 Å². The topological polar surface area (TPSA) is 57.1 Å². The van der Waals surface area contributed by atoms with Crippen molar-refractivity contribution in [3.8, 4) is 11.5 Å². The van der Waals surface area contributed by atoms with Gasteiger partial charge in [-0.2, -0.15) is 0 Å². The van der Waals surface area contributed by atoms with E-state index in [0.717, 1.165) is 11.3 Å². The fraction of sp³-hybridized carbons (Fsp3) is 0.375. The van der Waals surface area contributed by atoms with Crippen LogP contribution in [-0.2, 0) is 9.53 Å². The van der Waals surface area contributed by atoms with Crippen LogP contribution in [0.3, 0.4) is 0 Å². The van der Waals surface area contributed by atoms with Gasteiger partial charge in [-0.05, 0) is 23.8 Å². The first-order valence-electron chi connectivity index (χ1n) is 6.86. The summed E-state index contributed by atoms with van der Waals surface area (Å²) in [6.45, 7) is 6.94. The van der Waals surface area contributed by atoms with E-state index in [1.54, 1.807) is 6.08 Å². The van der Waals surface area contributed by atoms with E-state index in [4.69, 9.17) is 14.2 Å². The summed E-state index contributed by atoms with van der Waals surface area (Å²) in [6, 6.07) is 5.52. The Hall–Kier alpha value is -2.30. The first kappa shape index (κ1) is 13.7. The lowest BCUT2D eigenvalue weighted by Crippen LogP contribution is -2.21. The number of ether oxygens (including phenoxy) is 3. The second-order valence-corrected chi connectivity index (χ2v) is 5.99. The highest BCUT2D eigenvalue weighted by Gasteiger charge is 2.31. The molecular weight excluding hydrogens is 270 g/mol. The van der Waals surface area contributed by atoms with Crippen LogP contribution in [0.4, 0.5) is 0 Å². The van der Waals surface area contributed by atoms with Crippen LogP contribution in [0.5, 0.6) is 11.5 Å². The Balaban J connectivity index is 1.91. The molecule has 2 aliphatic heterocycles. The zero-order valence-electron chi connectivity index (χ0n) is 12.3. The summed E-state index contributed by atoms with van der Waals surface area (Å²) in [7, 11) is 0. The lowest BCUT2D eigenvalue weighted by molar-refractivity contribution is -0.130. The van der Waals surface area contributed by atoms with Crippen molar-refractivity contribution in [3.05, 3.63) is 29.5 Å². The van der Waals surface area contributed by atoms with Gasteiger partial charge in [-0.3, -0.25) is 0 Å². The van der Waals surface area contributed by atoms with E-state index in [9.17, 15) is 4.79 Å². The molecule has 2 aliphatic rings. The number of esters is 1. The second kappa shape index (κ2) is 4.91. The molecule has 0 fully saturated rings. The molecule has 0 saturated heterocycles. The number of cyclic esters (lactones) is 1. The zero-order chi connectivity index (χ0) is 15.0. The van der Waals surface area contributed by atoms with Gasteiger partial charge in [-0.25, -0.2) is 9.79 Å². The van der Waals surface area contributed by atoms with Crippen molar-refractivity contribution < 1.29 is 19.0 Å². The summed E-state index contributed by atoms with van der Waals surface area (Å²) in [6.07, 6.45) is 1.69. The Labute approximate surface area is 123 Å². The molecule has 0 amide bonds. The molecule has 0 spiro atoms. The van der Waals surface area contributed by atoms with Gasteiger partial charge in [0.15, 0.2) is 17.2 Å². The summed E-state index contributed by atoms with van der Waals surface area (Å²) in [4.78, 5) is 16.1. The van der Waals surface area contributed by atoms with Crippen molar-refractivity contribution in [2.75, 3.05) is 13.2 Å². The lowest BCUT2D eigenvalue weighted by Gasteiger charge is -2.18. The summed E-state index contributed by atoms with van der Waals surface area (Å²) in [5.41, 5.74) is 0.833. The summed E-state index contributed by atoms with van der Waals surface area (Å²) in [5.74, 6) is 1.42. The highest BCUT2D eigenvalue weighted by Crippen LogP contribution is 2.32. The minimum Gasteiger partial charge on any atom is -0.486 e. The van der Waals surface area contributed by atoms with E-state index in [2.05, 4.69) is 4.99 Å². The molecule has 0 aromatic heterocycles. The number of aliphatic imine (C=N–C) groups is 1. The molecular formula is C16H17NO4. The zero-order valence-corrected chi connectivity index (χ0v) is 12.3. The fourth-order valence-electron chi connectivity index (χ4n) is 2.04. The number of benzene rings is 1. The van der Waals surface area contributed by atoms with E-state index in [1.165, 1.54) is 0 Å². The molecule has 21 heavy (non-hydrogen) atoms. The fourth-order valence-corrected chi connectivity index (χ4v) is 2.04. The SMILES string of the molecule is CC(C)(C)C1=NC(=Cc2ccc3c(c2)OCCO3)C(=O)O1. The number of fused-ring (bicyclic) bond motifs is 1. The van der Waals surface area contributed by atoms with Gasteiger partial charge in [0, 0.05) is 5.41 Å². The molecule has 0 atom stereocenters. The third-order valence-corrected chi connectivity index (χ3v) is 3.13. The largest absolute Gasteiger partial charge is 0.486 e. The molecule has 0 saturated carbocycles. The molecule has 1 aromatic rings. The molecule has 0 N–H and O–H groups in total. The van der Waals surface area contributed by atoms with Gasteiger partial charge in [0.2, 0.25) is 5.90 Å². The van der Waals surface area contributed by atoms with Crippen molar-refractivity contribution in [1.82, 2.24) is 0 Å². The normalized spacial score (nSPS) is 19.5. The minimum absolute atomic E-state index is 0.294. The van der Waals surface area contributed by atoms with Crippen LogP contribution in [0.2, 0.25) is 0 Å². The van der Waals surface area contributed by atoms with Gasteiger partial charge < -0.3 is 14.2 Å². The van der Waals surface area contributed by atoms with Crippen LogP contribution in [-0.4, -0.2) is 25.1 Å². The van der Waals surface area contributed by atoms with Gasteiger partial charge in [-0.1, -0.05) is 26.8 Å². The van der Waals surface area contributed by atoms with Crippen molar-refractivity contribution in [2.24, 2.45) is 10.4 Å². The second-order valence-electron chi connectivity index (χ2n) is 5.99. The van der Waals surface area contributed by atoms with Gasteiger partial charge >= 0.3 is 5.97 Å². The Kier molecular flexibility index (Phi) is 3.20. The smallest absolute Gasteiger partial charge is 0.363 e. The molecule has 0 radical (unpaired) electrons. The van der Waals surface area contributed by atoms with Gasteiger partial charge in [-0.15, -0.1) is 0 Å². The number of carbonyl (C=O) groups is 1. The van der Waals surface area contributed by atoms with Crippen LogP contribution < -0.4 is 9.47 Å². The third-order valence-electron chi connectivity index (χ3n) is 3.13. The highest BCUT2D eigenvalue weighted by molar-refractivity contribution is 6.08. The van der Waals surface area contributed by atoms with Crippen LogP contribution in [0.1, 0.15) is 26.3 Å². The average Bonchev–Trinajstić information content (AvgIpc) is 2.80. The maximum absolute atomic E-state index is 11.9.